The molecule has 0 aromatic carbocycles. The van der Waals surface area contributed by atoms with Gasteiger partial charge in [0.25, 0.3) is 0 Å². The van der Waals surface area contributed by atoms with Gasteiger partial charge in [0.2, 0.25) is 5.91 Å². The van der Waals surface area contributed by atoms with Gasteiger partial charge in [0, 0.05) is 25.6 Å². The largest absolute Gasteiger partial charge is 0.393 e. The summed E-state index contributed by atoms with van der Waals surface area (Å²) in [5.74, 6) is 4.83. The van der Waals surface area contributed by atoms with Gasteiger partial charge < -0.3 is 10.0 Å². The summed E-state index contributed by atoms with van der Waals surface area (Å²) in [6.07, 6.45) is 1.44. The van der Waals surface area contributed by atoms with Crippen molar-refractivity contribution >= 4 is 5.91 Å². The molecule has 1 saturated heterocycles. The van der Waals surface area contributed by atoms with Crippen molar-refractivity contribution in [3.63, 3.8) is 0 Å². The maximum Gasteiger partial charge on any atom is 0.237 e. The van der Waals surface area contributed by atoms with Crippen LogP contribution in [0.15, 0.2) is 0 Å². The van der Waals surface area contributed by atoms with Crippen molar-refractivity contribution in [2.24, 2.45) is 11.8 Å². The van der Waals surface area contributed by atoms with Crippen LogP contribution < -0.4 is 11.3 Å². The molecule has 0 radical (unpaired) electrons. The second-order valence-corrected chi connectivity index (χ2v) is 3.94. The number of piperidine rings is 1. The highest BCUT2D eigenvalue weighted by atomic mass is 16.3. The molecule has 0 bridgehead atoms. The Morgan fingerprint density at radius 1 is 1.64 bits per heavy atom. The summed E-state index contributed by atoms with van der Waals surface area (Å²) in [5, 5.41) is 9.29. The fraction of sp³-hybridized carbons (Fsp3) is 0.889. The summed E-state index contributed by atoms with van der Waals surface area (Å²) >= 11 is 0. The van der Waals surface area contributed by atoms with Crippen molar-refractivity contribution in [1.29, 1.82) is 0 Å². The first kappa shape index (κ1) is 11.4. The molecular weight excluding hydrogens is 182 g/mol. The Morgan fingerprint density at radius 2 is 2.21 bits per heavy atom. The zero-order chi connectivity index (χ0) is 10.6. The van der Waals surface area contributed by atoms with Gasteiger partial charge in [-0.25, -0.2) is 5.84 Å². The number of nitrogens with zero attached hydrogens (tertiary/aromatic N) is 1. The van der Waals surface area contributed by atoms with Crippen LogP contribution in [-0.2, 0) is 4.79 Å². The number of hydrogen-bond donors (Lipinski definition) is 3. The van der Waals surface area contributed by atoms with Gasteiger partial charge in [0.1, 0.15) is 0 Å². The molecule has 1 amide bonds. The molecule has 5 nitrogen and oxygen atoms in total. The molecule has 0 saturated carbocycles. The molecule has 0 aromatic heterocycles. The summed E-state index contributed by atoms with van der Waals surface area (Å²) in [6.45, 7) is 4.30. The van der Waals surface area contributed by atoms with Crippen LogP contribution >= 0.6 is 0 Å². The van der Waals surface area contributed by atoms with E-state index in [0.29, 0.717) is 0 Å². The van der Waals surface area contributed by atoms with E-state index in [-0.39, 0.29) is 17.9 Å². The Morgan fingerprint density at radius 3 is 2.71 bits per heavy atom. The molecule has 0 aromatic rings. The van der Waals surface area contributed by atoms with Crippen molar-refractivity contribution < 1.29 is 9.90 Å². The van der Waals surface area contributed by atoms with Crippen molar-refractivity contribution in [2.75, 3.05) is 19.6 Å². The fourth-order valence-electron chi connectivity index (χ4n) is 1.71. The molecule has 5 heteroatoms. The standard InChI is InChI=1S/C9H19N3O2/c1-7(9(14)11-10)6-12-4-2-8(13)3-5-12/h7-8,13H,2-6,10H2,1H3,(H,11,14). The Labute approximate surface area is 84.2 Å². The highest BCUT2D eigenvalue weighted by molar-refractivity contribution is 5.77. The molecule has 1 aliphatic heterocycles. The number of hydrazine groups is 1. The minimum absolute atomic E-state index is 0.0877. The molecule has 0 spiro atoms. The van der Waals surface area contributed by atoms with E-state index in [4.69, 9.17) is 5.84 Å². The lowest BCUT2D eigenvalue weighted by atomic mass is 10.1. The van der Waals surface area contributed by atoms with Gasteiger partial charge >= 0.3 is 0 Å². The average molecular weight is 201 g/mol. The van der Waals surface area contributed by atoms with Crippen LogP contribution in [0.5, 0.6) is 0 Å². The third-order valence-electron chi connectivity index (χ3n) is 2.68. The van der Waals surface area contributed by atoms with Crippen molar-refractivity contribution in [3.05, 3.63) is 0 Å². The van der Waals surface area contributed by atoms with E-state index in [0.717, 1.165) is 32.5 Å². The first-order valence-corrected chi connectivity index (χ1v) is 5.04. The fourth-order valence-corrected chi connectivity index (χ4v) is 1.71. The predicted octanol–water partition coefficient (Wildman–Crippen LogP) is -0.931. The second kappa shape index (κ2) is 5.29. The minimum atomic E-state index is -0.162. The Kier molecular flexibility index (Phi) is 4.31. The SMILES string of the molecule is CC(CN1CCC(O)CC1)C(=O)NN. The Bertz CT molecular complexity index is 190. The summed E-state index contributed by atoms with van der Waals surface area (Å²) < 4.78 is 0. The third-order valence-corrected chi connectivity index (χ3v) is 2.68. The van der Waals surface area contributed by atoms with Gasteiger partial charge in [-0.1, -0.05) is 6.92 Å². The first-order valence-electron chi connectivity index (χ1n) is 5.04. The summed E-state index contributed by atoms with van der Waals surface area (Å²) in [5.41, 5.74) is 2.15. The molecule has 14 heavy (non-hydrogen) atoms. The van der Waals surface area contributed by atoms with E-state index in [1.807, 2.05) is 6.92 Å². The van der Waals surface area contributed by atoms with Gasteiger partial charge in [0.15, 0.2) is 0 Å². The average Bonchev–Trinajstić information content (AvgIpc) is 2.20. The number of nitrogens with one attached hydrogen (secondary N) is 1. The maximum absolute atomic E-state index is 11.1. The zero-order valence-corrected chi connectivity index (χ0v) is 8.57. The van der Waals surface area contributed by atoms with Gasteiger partial charge in [-0.15, -0.1) is 0 Å². The number of carbonyl (C=O) groups is 1. The number of aliphatic hydroxyl groups is 1. The van der Waals surface area contributed by atoms with E-state index in [2.05, 4.69) is 10.3 Å². The molecule has 4 N–H and O–H groups in total. The summed E-state index contributed by atoms with van der Waals surface area (Å²) in [7, 11) is 0. The molecule has 0 aliphatic carbocycles. The van der Waals surface area contributed by atoms with Gasteiger partial charge in [0.05, 0.1) is 6.10 Å². The first-order chi connectivity index (χ1) is 6.63. The van der Waals surface area contributed by atoms with Crippen LogP contribution in [0, 0.1) is 5.92 Å². The van der Waals surface area contributed by atoms with Crippen LogP contribution in [-0.4, -0.2) is 41.7 Å². The van der Waals surface area contributed by atoms with E-state index >= 15 is 0 Å². The lowest BCUT2D eigenvalue weighted by molar-refractivity contribution is -0.125. The molecule has 82 valence electrons. The number of nitrogens with two attached hydrogens (primary N) is 1. The van der Waals surface area contributed by atoms with E-state index in [9.17, 15) is 9.90 Å². The molecule has 1 aliphatic rings. The number of carbonyl (C=O) groups excluding carboxylic acids is 1. The Hall–Kier alpha value is -0.650. The molecule has 1 rings (SSSR count). The number of likely N-dealkylation sites (tertiary alicyclic amines) is 1. The molecule has 1 heterocycles. The number of hydrogen-bond acceptors (Lipinski definition) is 4. The number of rotatable bonds is 3. The lowest BCUT2D eigenvalue weighted by Gasteiger charge is -2.30. The summed E-state index contributed by atoms with van der Waals surface area (Å²) in [4.78, 5) is 13.3. The highest BCUT2D eigenvalue weighted by Crippen LogP contribution is 2.11. The minimum Gasteiger partial charge on any atom is -0.393 e. The monoisotopic (exact) mass is 201 g/mol. The zero-order valence-electron chi connectivity index (χ0n) is 8.57. The lowest BCUT2D eigenvalue weighted by Crippen LogP contribution is -2.43. The highest BCUT2D eigenvalue weighted by Gasteiger charge is 2.20. The normalized spacial score (nSPS) is 21.9. The van der Waals surface area contributed by atoms with Crippen LogP contribution in [0.3, 0.4) is 0 Å². The van der Waals surface area contributed by atoms with E-state index in [1.165, 1.54) is 0 Å². The van der Waals surface area contributed by atoms with E-state index < -0.39 is 0 Å². The number of amides is 1. The van der Waals surface area contributed by atoms with Gasteiger partial charge in [-0.05, 0) is 12.8 Å². The number of aliphatic hydroxyl groups excluding tert-OH is 1. The molecule has 1 fully saturated rings. The predicted molar refractivity (Wildman–Crippen MR) is 53.2 cm³/mol. The van der Waals surface area contributed by atoms with Crippen molar-refractivity contribution in [1.82, 2.24) is 10.3 Å². The Balaban J connectivity index is 2.27. The van der Waals surface area contributed by atoms with Crippen molar-refractivity contribution in [2.45, 2.75) is 25.9 Å². The van der Waals surface area contributed by atoms with E-state index in [1.54, 1.807) is 0 Å². The van der Waals surface area contributed by atoms with Crippen LogP contribution in [0.2, 0.25) is 0 Å². The van der Waals surface area contributed by atoms with Crippen LogP contribution in [0.4, 0.5) is 0 Å². The topological polar surface area (TPSA) is 78.6 Å². The van der Waals surface area contributed by atoms with Crippen LogP contribution in [0.25, 0.3) is 0 Å². The maximum atomic E-state index is 11.1. The second-order valence-electron chi connectivity index (χ2n) is 3.94. The molecule has 1 unspecified atom stereocenters. The molecule has 1 atom stereocenters. The van der Waals surface area contributed by atoms with Gasteiger partial charge in [-0.3, -0.25) is 10.2 Å². The third kappa shape index (κ3) is 3.25. The quantitative estimate of drug-likeness (QED) is 0.313. The van der Waals surface area contributed by atoms with Gasteiger partial charge in [-0.2, -0.15) is 0 Å². The smallest absolute Gasteiger partial charge is 0.237 e. The summed E-state index contributed by atoms with van der Waals surface area (Å²) in [6, 6.07) is 0. The van der Waals surface area contributed by atoms with Crippen molar-refractivity contribution in [3.8, 4) is 0 Å². The van der Waals surface area contributed by atoms with Crippen LogP contribution in [0.1, 0.15) is 19.8 Å². The molecular formula is C9H19N3O2.